The van der Waals surface area contributed by atoms with E-state index in [1.807, 2.05) is 10.6 Å². The number of amides is 4. The van der Waals surface area contributed by atoms with E-state index >= 15 is 0 Å². The first kappa shape index (κ1) is 17.0. The Hall–Kier alpha value is -3.02. The van der Waals surface area contributed by atoms with Gasteiger partial charge in [-0.3, -0.25) is 29.8 Å². The Morgan fingerprint density at radius 2 is 0.955 bits per heavy atom. The minimum Gasteiger partial charge on any atom is -0.289 e. The normalized spacial score (nSPS) is 14.6. The first-order valence-electron chi connectivity index (χ1n) is 6.46. The summed E-state index contributed by atoms with van der Waals surface area (Å²) in [6, 6.07) is 8.45. The summed E-state index contributed by atoms with van der Waals surface area (Å²) >= 11 is 0. The van der Waals surface area contributed by atoms with E-state index < -0.39 is 0 Å². The number of hydrogen-bond donors (Lipinski definition) is 2. The van der Waals surface area contributed by atoms with Crippen LogP contribution in [-0.4, -0.2) is 23.6 Å². The van der Waals surface area contributed by atoms with Gasteiger partial charge in [-0.05, 0) is 13.8 Å². The molecule has 2 heterocycles. The molecular formula is C16H16N2O4. The molecule has 0 radical (unpaired) electrons. The van der Waals surface area contributed by atoms with Crippen LogP contribution in [0.2, 0.25) is 0 Å². The van der Waals surface area contributed by atoms with Gasteiger partial charge in [-0.25, -0.2) is 0 Å². The summed E-state index contributed by atoms with van der Waals surface area (Å²) in [6.45, 7) is 4.21. The van der Waals surface area contributed by atoms with Crippen molar-refractivity contribution in [3.63, 3.8) is 0 Å². The monoisotopic (exact) mass is 300 g/mol. The molecule has 0 spiro atoms. The van der Waals surface area contributed by atoms with Crippen LogP contribution in [0, 0.1) is 13.8 Å². The van der Waals surface area contributed by atoms with Gasteiger partial charge in [-0.15, -0.1) is 0 Å². The van der Waals surface area contributed by atoms with Crippen molar-refractivity contribution in [2.75, 3.05) is 0 Å². The van der Waals surface area contributed by atoms with Crippen molar-refractivity contribution in [2.24, 2.45) is 0 Å². The third kappa shape index (κ3) is 6.95. The van der Waals surface area contributed by atoms with Gasteiger partial charge in [-0.2, -0.15) is 0 Å². The van der Waals surface area contributed by atoms with Crippen molar-refractivity contribution in [1.29, 1.82) is 0 Å². The largest absolute Gasteiger partial charge is 0.289 e. The molecule has 1 aromatic rings. The lowest BCUT2D eigenvalue weighted by Gasteiger charge is -1.90. The molecule has 0 aliphatic carbocycles. The molecule has 6 nitrogen and oxygen atoms in total. The van der Waals surface area contributed by atoms with Crippen LogP contribution in [0.3, 0.4) is 0 Å². The molecule has 2 aliphatic rings. The van der Waals surface area contributed by atoms with Crippen molar-refractivity contribution in [3.8, 4) is 0 Å². The average molecular weight is 300 g/mol. The molecule has 4 amide bonds. The second kappa shape index (κ2) is 8.31. The zero-order valence-corrected chi connectivity index (χ0v) is 12.3. The third-order valence-electron chi connectivity index (χ3n) is 2.44. The topological polar surface area (TPSA) is 92.3 Å². The summed E-state index contributed by atoms with van der Waals surface area (Å²) in [6.07, 6.45) is 4.79. The third-order valence-corrected chi connectivity index (χ3v) is 2.44. The number of benzene rings is 1. The molecule has 1 aromatic carbocycles. The summed E-state index contributed by atoms with van der Waals surface area (Å²) in [7, 11) is 0. The standard InChI is InChI=1S/C8H10.2C4H3NO2/c1-7-4-3-5-8(2)6-7;2*6-3-1-2-4(7)5-3/h3-6H,1-2H3;2*1-2H,(H,5,6,7). The summed E-state index contributed by atoms with van der Waals surface area (Å²) in [5.41, 5.74) is 2.68. The van der Waals surface area contributed by atoms with Gasteiger partial charge >= 0.3 is 0 Å². The van der Waals surface area contributed by atoms with Crippen molar-refractivity contribution in [2.45, 2.75) is 13.8 Å². The fourth-order valence-corrected chi connectivity index (χ4v) is 1.52. The van der Waals surface area contributed by atoms with Gasteiger partial charge in [0.1, 0.15) is 0 Å². The SMILES string of the molecule is Cc1cccc(C)c1.O=C1C=CC(=O)N1.O=C1C=CC(=O)N1. The second-order valence-electron chi connectivity index (χ2n) is 4.53. The minimum atomic E-state index is -0.329. The van der Waals surface area contributed by atoms with E-state index in [2.05, 4.69) is 38.1 Å². The number of imide groups is 2. The molecule has 2 aliphatic heterocycles. The summed E-state index contributed by atoms with van der Waals surface area (Å²) in [5.74, 6) is -1.31. The van der Waals surface area contributed by atoms with Gasteiger partial charge in [0, 0.05) is 24.3 Å². The molecule has 0 bridgehead atoms. The van der Waals surface area contributed by atoms with Gasteiger partial charge < -0.3 is 0 Å². The predicted octanol–water partition coefficient (Wildman–Crippen LogP) is 0.701. The van der Waals surface area contributed by atoms with Crippen LogP contribution in [0.1, 0.15) is 11.1 Å². The van der Waals surface area contributed by atoms with Crippen LogP contribution < -0.4 is 10.6 Å². The molecule has 114 valence electrons. The van der Waals surface area contributed by atoms with E-state index in [1.54, 1.807) is 0 Å². The summed E-state index contributed by atoms with van der Waals surface area (Å²) in [5, 5.41) is 4.06. The maximum atomic E-state index is 10.0. The molecule has 0 aromatic heterocycles. The molecule has 2 N–H and O–H groups in total. The summed E-state index contributed by atoms with van der Waals surface area (Å²) in [4.78, 5) is 40.1. The molecule has 6 heteroatoms. The number of rotatable bonds is 0. The Morgan fingerprint density at radius 1 is 0.636 bits per heavy atom. The highest BCUT2D eigenvalue weighted by atomic mass is 16.2. The van der Waals surface area contributed by atoms with Crippen molar-refractivity contribution in [1.82, 2.24) is 10.6 Å². The Labute approximate surface area is 127 Å². The van der Waals surface area contributed by atoms with Crippen LogP contribution in [-0.2, 0) is 19.2 Å². The lowest BCUT2D eigenvalue weighted by atomic mass is 10.2. The minimum absolute atomic E-state index is 0.329. The van der Waals surface area contributed by atoms with Gasteiger partial charge in [0.2, 0.25) is 0 Å². The van der Waals surface area contributed by atoms with Crippen LogP contribution >= 0.6 is 0 Å². The van der Waals surface area contributed by atoms with Gasteiger partial charge in [0.25, 0.3) is 23.6 Å². The van der Waals surface area contributed by atoms with E-state index in [0.29, 0.717) is 0 Å². The zero-order valence-electron chi connectivity index (χ0n) is 12.3. The van der Waals surface area contributed by atoms with Crippen LogP contribution in [0.25, 0.3) is 0 Å². The molecule has 3 rings (SSSR count). The lowest BCUT2D eigenvalue weighted by molar-refractivity contribution is -0.125. The fraction of sp³-hybridized carbons (Fsp3) is 0.125. The number of hydrogen-bond acceptors (Lipinski definition) is 4. The molecule has 0 fully saturated rings. The molecule has 0 unspecified atom stereocenters. The van der Waals surface area contributed by atoms with E-state index in [4.69, 9.17) is 0 Å². The van der Waals surface area contributed by atoms with E-state index in [9.17, 15) is 19.2 Å². The molecule has 22 heavy (non-hydrogen) atoms. The quantitative estimate of drug-likeness (QED) is 0.690. The van der Waals surface area contributed by atoms with Crippen LogP contribution in [0.15, 0.2) is 48.6 Å². The zero-order chi connectivity index (χ0) is 16.5. The predicted molar refractivity (Wildman–Crippen MR) is 80.5 cm³/mol. The Bertz CT molecular complexity index is 575. The molecular weight excluding hydrogens is 284 g/mol. The van der Waals surface area contributed by atoms with Gasteiger partial charge in [0.15, 0.2) is 0 Å². The van der Waals surface area contributed by atoms with Crippen molar-refractivity contribution in [3.05, 3.63) is 59.7 Å². The maximum absolute atomic E-state index is 10.0. The number of aryl methyl sites for hydroxylation is 2. The fourth-order valence-electron chi connectivity index (χ4n) is 1.52. The first-order chi connectivity index (χ1) is 10.4. The van der Waals surface area contributed by atoms with Crippen molar-refractivity contribution < 1.29 is 19.2 Å². The number of nitrogens with one attached hydrogen (secondary N) is 2. The Morgan fingerprint density at radius 3 is 1.09 bits per heavy atom. The number of carbonyl (C=O) groups excluding carboxylic acids is 4. The van der Waals surface area contributed by atoms with Gasteiger partial charge in [-0.1, -0.05) is 35.4 Å². The molecule has 0 atom stereocenters. The second-order valence-corrected chi connectivity index (χ2v) is 4.53. The van der Waals surface area contributed by atoms with Crippen LogP contribution in [0.5, 0.6) is 0 Å². The summed E-state index contributed by atoms with van der Waals surface area (Å²) < 4.78 is 0. The van der Waals surface area contributed by atoms with E-state index in [0.717, 1.165) is 0 Å². The highest BCUT2D eigenvalue weighted by molar-refractivity contribution is 6.13. The van der Waals surface area contributed by atoms with Crippen LogP contribution in [0.4, 0.5) is 0 Å². The Balaban J connectivity index is 0.000000166. The highest BCUT2D eigenvalue weighted by Gasteiger charge is 2.07. The van der Waals surface area contributed by atoms with E-state index in [1.165, 1.54) is 35.4 Å². The first-order valence-corrected chi connectivity index (χ1v) is 6.46. The number of carbonyl (C=O) groups is 4. The highest BCUT2D eigenvalue weighted by Crippen LogP contribution is 2.00. The average Bonchev–Trinajstić information content (AvgIpc) is 2.99. The lowest BCUT2D eigenvalue weighted by Crippen LogP contribution is -2.19. The van der Waals surface area contributed by atoms with Gasteiger partial charge in [0.05, 0.1) is 0 Å². The van der Waals surface area contributed by atoms with Crippen molar-refractivity contribution >= 4 is 23.6 Å². The molecule has 0 saturated heterocycles. The maximum Gasteiger partial charge on any atom is 0.250 e. The van der Waals surface area contributed by atoms with E-state index in [-0.39, 0.29) is 23.6 Å². The Kier molecular flexibility index (Phi) is 6.43. The molecule has 0 saturated carbocycles. The smallest absolute Gasteiger partial charge is 0.250 e.